The van der Waals surface area contributed by atoms with Crippen LogP contribution in [0.3, 0.4) is 0 Å². The number of carbonyl (C=O) groups excluding carboxylic acids is 1. The Morgan fingerprint density at radius 1 is 1.44 bits per heavy atom. The van der Waals surface area contributed by atoms with E-state index in [0.717, 1.165) is 61.3 Å². The lowest BCUT2D eigenvalue weighted by Gasteiger charge is -2.19. The molecule has 2 aromatic rings. The van der Waals surface area contributed by atoms with Crippen LogP contribution in [0.25, 0.3) is 11.1 Å². The maximum absolute atomic E-state index is 12.8. The number of H-pyrrole nitrogens is 1. The average Bonchev–Trinajstić information content (AvgIpc) is 3.31. The van der Waals surface area contributed by atoms with Gasteiger partial charge in [0, 0.05) is 44.1 Å². The fraction of sp³-hybridized carbons (Fsp3) is 0.524. The SMILES string of the molecule is COCc1n[nH]c(C)c1-c1cccc(C(=O)N(C)CCC[C@@H]2CCCO2)c1. The first-order chi connectivity index (χ1) is 13.1. The molecule has 1 saturated heterocycles. The molecule has 0 saturated carbocycles. The van der Waals surface area contributed by atoms with Crippen molar-refractivity contribution in [3.63, 3.8) is 0 Å². The van der Waals surface area contributed by atoms with Crippen molar-refractivity contribution in [1.29, 1.82) is 0 Å². The summed E-state index contributed by atoms with van der Waals surface area (Å²) in [4.78, 5) is 14.6. The number of carbonyl (C=O) groups is 1. The van der Waals surface area contributed by atoms with E-state index in [4.69, 9.17) is 9.47 Å². The molecule has 27 heavy (non-hydrogen) atoms. The maximum Gasteiger partial charge on any atom is 0.253 e. The quantitative estimate of drug-likeness (QED) is 0.770. The van der Waals surface area contributed by atoms with E-state index in [2.05, 4.69) is 10.2 Å². The largest absolute Gasteiger partial charge is 0.378 e. The summed E-state index contributed by atoms with van der Waals surface area (Å²) in [5.41, 5.74) is 4.50. The van der Waals surface area contributed by atoms with Crippen LogP contribution >= 0.6 is 0 Å². The highest BCUT2D eigenvalue weighted by Crippen LogP contribution is 2.27. The molecule has 1 fully saturated rings. The smallest absolute Gasteiger partial charge is 0.253 e. The molecule has 1 atom stereocenters. The molecule has 1 aromatic carbocycles. The highest BCUT2D eigenvalue weighted by atomic mass is 16.5. The van der Waals surface area contributed by atoms with Crippen molar-refractivity contribution < 1.29 is 14.3 Å². The molecule has 6 nitrogen and oxygen atoms in total. The van der Waals surface area contributed by atoms with Gasteiger partial charge in [0.25, 0.3) is 5.91 Å². The number of aryl methyl sites for hydroxylation is 1. The number of nitrogens with one attached hydrogen (secondary N) is 1. The summed E-state index contributed by atoms with van der Waals surface area (Å²) in [7, 11) is 3.52. The predicted octanol–water partition coefficient (Wildman–Crippen LogP) is 3.56. The maximum atomic E-state index is 12.8. The van der Waals surface area contributed by atoms with Crippen molar-refractivity contribution in [2.75, 3.05) is 27.3 Å². The van der Waals surface area contributed by atoms with Crippen molar-refractivity contribution in [3.05, 3.63) is 41.2 Å². The van der Waals surface area contributed by atoms with Gasteiger partial charge >= 0.3 is 0 Å². The van der Waals surface area contributed by atoms with Gasteiger partial charge in [-0.3, -0.25) is 9.89 Å². The Labute approximate surface area is 160 Å². The lowest BCUT2D eigenvalue weighted by atomic mass is 10.0. The Bertz CT molecular complexity index is 766. The topological polar surface area (TPSA) is 67.5 Å². The van der Waals surface area contributed by atoms with Gasteiger partial charge in [0.1, 0.15) is 0 Å². The standard InChI is InChI=1S/C21H29N3O3/c1-15-20(19(14-26-3)23-22-15)16-7-4-8-17(13-16)21(25)24(2)11-5-9-18-10-6-12-27-18/h4,7-8,13,18H,5-6,9-12,14H2,1-3H3,(H,22,23)/t18-/m1/s1. The third kappa shape index (κ3) is 4.76. The number of methoxy groups -OCH3 is 1. The van der Waals surface area contributed by atoms with Crippen LogP contribution in [0.1, 0.15) is 47.4 Å². The molecule has 0 unspecified atom stereocenters. The number of nitrogens with zero attached hydrogens (tertiary/aromatic N) is 2. The third-order valence-corrected chi connectivity index (χ3v) is 5.09. The second-order valence-corrected chi connectivity index (χ2v) is 7.19. The minimum absolute atomic E-state index is 0.0404. The molecule has 146 valence electrons. The summed E-state index contributed by atoms with van der Waals surface area (Å²) in [5.74, 6) is 0.0404. The van der Waals surface area contributed by atoms with Crippen LogP contribution < -0.4 is 0 Å². The van der Waals surface area contributed by atoms with Gasteiger partial charge in [-0.1, -0.05) is 12.1 Å². The molecular formula is C21H29N3O3. The number of ether oxygens (including phenoxy) is 2. The molecule has 1 aliphatic rings. The minimum atomic E-state index is 0.0404. The van der Waals surface area contributed by atoms with Crippen LogP contribution in [-0.4, -0.2) is 54.4 Å². The van der Waals surface area contributed by atoms with Gasteiger partial charge in [-0.25, -0.2) is 0 Å². The van der Waals surface area contributed by atoms with Crippen LogP contribution in [0.5, 0.6) is 0 Å². The van der Waals surface area contributed by atoms with E-state index >= 15 is 0 Å². The molecule has 0 spiro atoms. The summed E-state index contributed by atoms with van der Waals surface area (Å²) in [6.45, 7) is 4.03. The second-order valence-electron chi connectivity index (χ2n) is 7.19. The average molecular weight is 371 g/mol. The molecule has 1 aromatic heterocycles. The van der Waals surface area contributed by atoms with Gasteiger partial charge in [0.2, 0.25) is 0 Å². The van der Waals surface area contributed by atoms with Crippen LogP contribution in [0.15, 0.2) is 24.3 Å². The molecule has 0 bridgehead atoms. The molecule has 1 aliphatic heterocycles. The number of aromatic nitrogens is 2. The minimum Gasteiger partial charge on any atom is -0.378 e. The van der Waals surface area contributed by atoms with Gasteiger partial charge in [0.15, 0.2) is 0 Å². The highest BCUT2D eigenvalue weighted by molar-refractivity contribution is 5.95. The lowest BCUT2D eigenvalue weighted by molar-refractivity contribution is 0.0763. The number of hydrogen-bond donors (Lipinski definition) is 1. The van der Waals surface area contributed by atoms with Crippen LogP contribution in [0, 0.1) is 6.92 Å². The van der Waals surface area contributed by atoms with Gasteiger partial charge in [0.05, 0.1) is 18.4 Å². The Morgan fingerprint density at radius 2 is 2.30 bits per heavy atom. The molecule has 2 heterocycles. The molecule has 1 amide bonds. The van der Waals surface area contributed by atoms with Gasteiger partial charge in [-0.05, 0) is 50.3 Å². The fourth-order valence-electron chi connectivity index (χ4n) is 3.66. The normalized spacial score (nSPS) is 16.6. The van der Waals surface area contributed by atoms with E-state index in [1.54, 1.807) is 12.0 Å². The zero-order chi connectivity index (χ0) is 19.2. The van der Waals surface area contributed by atoms with E-state index < -0.39 is 0 Å². The van der Waals surface area contributed by atoms with Crippen LogP contribution in [0.2, 0.25) is 0 Å². The lowest BCUT2D eigenvalue weighted by Crippen LogP contribution is -2.28. The van der Waals surface area contributed by atoms with Crippen molar-refractivity contribution in [1.82, 2.24) is 15.1 Å². The Hall–Kier alpha value is -2.18. The highest BCUT2D eigenvalue weighted by Gasteiger charge is 2.18. The number of aromatic amines is 1. The molecule has 0 aliphatic carbocycles. The first kappa shape index (κ1) is 19.6. The number of hydrogen-bond acceptors (Lipinski definition) is 4. The van der Waals surface area contributed by atoms with Crippen molar-refractivity contribution in [2.24, 2.45) is 0 Å². The van der Waals surface area contributed by atoms with E-state index in [-0.39, 0.29) is 5.91 Å². The molecule has 6 heteroatoms. The molecule has 3 rings (SSSR count). The van der Waals surface area contributed by atoms with Crippen LogP contribution in [0.4, 0.5) is 0 Å². The number of rotatable bonds is 8. The van der Waals surface area contributed by atoms with E-state index in [1.165, 1.54) is 0 Å². The number of benzene rings is 1. The molecular weight excluding hydrogens is 342 g/mol. The Kier molecular flexibility index (Phi) is 6.63. The summed E-state index contributed by atoms with van der Waals surface area (Å²) < 4.78 is 10.9. The van der Waals surface area contributed by atoms with Crippen molar-refractivity contribution in [3.8, 4) is 11.1 Å². The fourth-order valence-corrected chi connectivity index (χ4v) is 3.66. The Morgan fingerprint density at radius 3 is 3.04 bits per heavy atom. The van der Waals surface area contributed by atoms with Gasteiger partial charge in [-0.15, -0.1) is 0 Å². The van der Waals surface area contributed by atoms with Gasteiger partial charge in [-0.2, -0.15) is 5.10 Å². The van der Waals surface area contributed by atoms with Crippen molar-refractivity contribution in [2.45, 2.75) is 45.3 Å². The monoisotopic (exact) mass is 371 g/mol. The summed E-state index contributed by atoms with van der Waals surface area (Å²) in [6, 6.07) is 7.74. The summed E-state index contributed by atoms with van der Waals surface area (Å²) >= 11 is 0. The Balaban J connectivity index is 1.67. The van der Waals surface area contributed by atoms with E-state index in [1.807, 2.05) is 38.2 Å². The third-order valence-electron chi connectivity index (χ3n) is 5.09. The zero-order valence-electron chi connectivity index (χ0n) is 16.5. The molecule has 1 N–H and O–H groups in total. The van der Waals surface area contributed by atoms with E-state index in [0.29, 0.717) is 18.3 Å². The predicted molar refractivity (Wildman–Crippen MR) is 105 cm³/mol. The summed E-state index contributed by atoms with van der Waals surface area (Å²) in [5, 5.41) is 7.32. The van der Waals surface area contributed by atoms with Crippen LogP contribution in [-0.2, 0) is 16.1 Å². The zero-order valence-corrected chi connectivity index (χ0v) is 16.5. The molecule has 0 radical (unpaired) electrons. The van der Waals surface area contributed by atoms with Crippen molar-refractivity contribution >= 4 is 5.91 Å². The first-order valence-electron chi connectivity index (χ1n) is 9.60. The second kappa shape index (κ2) is 9.15. The van der Waals surface area contributed by atoms with E-state index in [9.17, 15) is 4.79 Å². The summed E-state index contributed by atoms with van der Waals surface area (Å²) in [6.07, 6.45) is 4.66. The van der Waals surface area contributed by atoms with Gasteiger partial charge < -0.3 is 14.4 Å². The first-order valence-corrected chi connectivity index (χ1v) is 9.60. The number of amides is 1.